The van der Waals surface area contributed by atoms with Crippen molar-refractivity contribution in [2.75, 3.05) is 20.1 Å². The van der Waals surface area contributed by atoms with E-state index >= 15 is 0 Å². The van der Waals surface area contributed by atoms with Crippen molar-refractivity contribution < 1.29 is 9.59 Å². The Morgan fingerprint density at radius 3 is 2.62 bits per heavy atom. The lowest BCUT2D eigenvalue weighted by molar-refractivity contribution is -0.130. The van der Waals surface area contributed by atoms with E-state index in [1.54, 1.807) is 0 Å². The van der Waals surface area contributed by atoms with Crippen LogP contribution in [0.2, 0.25) is 0 Å². The van der Waals surface area contributed by atoms with E-state index in [0.717, 1.165) is 32.2 Å². The van der Waals surface area contributed by atoms with E-state index in [9.17, 15) is 9.59 Å². The minimum atomic E-state index is 0.00304. The van der Waals surface area contributed by atoms with Gasteiger partial charge in [0.15, 0.2) is 0 Å². The Balaban J connectivity index is 1.41. The number of benzene rings is 1. The van der Waals surface area contributed by atoms with Gasteiger partial charge in [-0.3, -0.25) is 4.79 Å². The number of likely N-dealkylation sites (tertiary alicyclic amines) is 1. The van der Waals surface area contributed by atoms with E-state index < -0.39 is 0 Å². The Bertz CT molecular complexity index is 571. The number of aryl methyl sites for hydroxylation is 1. The van der Waals surface area contributed by atoms with Crippen LogP contribution in [0, 0.1) is 0 Å². The van der Waals surface area contributed by atoms with Gasteiger partial charge in [-0.2, -0.15) is 0 Å². The molecule has 2 fully saturated rings. The van der Waals surface area contributed by atoms with Crippen LogP contribution in [0.5, 0.6) is 0 Å². The van der Waals surface area contributed by atoms with Gasteiger partial charge < -0.3 is 15.1 Å². The smallest absolute Gasteiger partial charge is 0.317 e. The predicted octanol–water partition coefficient (Wildman–Crippen LogP) is 2.41. The highest BCUT2D eigenvalue weighted by molar-refractivity contribution is 5.77. The molecular formula is C19H27N3O2. The van der Waals surface area contributed by atoms with E-state index in [0.29, 0.717) is 19.0 Å². The van der Waals surface area contributed by atoms with E-state index in [4.69, 9.17) is 0 Å². The number of nitrogens with one attached hydrogen (secondary N) is 1. The second-order valence-corrected chi connectivity index (χ2v) is 6.96. The molecule has 1 aromatic carbocycles. The number of hydrogen-bond donors (Lipinski definition) is 1. The van der Waals surface area contributed by atoms with Crippen LogP contribution in [0.1, 0.15) is 37.7 Å². The third kappa shape index (κ3) is 4.08. The summed E-state index contributed by atoms with van der Waals surface area (Å²) in [6.45, 7) is 1.38. The molecule has 1 saturated heterocycles. The largest absolute Gasteiger partial charge is 0.341 e. The monoisotopic (exact) mass is 329 g/mol. The van der Waals surface area contributed by atoms with Crippen LogP contribution in [0.4, 0.5) is 4.79 Å². The quantitative estimate of drug-likeness (QED) is 0.902. The van der Waals surface area contributed by atoms with Gasteiger partial charge in [-0.05, 0) is 37.7 Å². The fourth-order valence-electron chi connectivity index (χ4n) is 3.37. The fourth-order valence-corrected chi connectivity index (χ4v) is 3.37. The molecule has 0 bridgehead atoms. The number of carbonyl (C=O) groups excluding carboxylic acids is 2. The van der Waals surface area contributed by atoms with Crippen molar-refractivity contribution >= 4 is 11.9 Å². The first-order valence-corrected chi connectivity index (χ1v) is 8.98. The molecular weight excluding hydrogens is 302 g/mol. The van der Waals surface area contributed by atoms with E-state index in [1.165, 1.54) is 12.0 Å². The molecule has 0 spiro atoms. The Hall–Kier alpha value is -2.04. The molecule has 0 radical (unpaired) electrons. The first kappa shape index (κ1) is 16.8. The lowest BCUT2D eigenvalue weighted by Crippen LogP contribution is -2.50. The maximum absolute atomic E-state index is 12.4. The third-order valence-electron chi connectivity index (χ3n) is 5.28. The second-order valence-electron chi connectivity index (χ2n) is 6.96. The molecule has 24 heavy (non-hydrogen) atoms. The first-order valence-electron chi connectivity index (χ1n) is 8.98. The molecule has 1 atom stereocenters. The van der Waals surface area contributed by atoms with Crippen LogP contribution in [0.15, 0.2) is 30.3 Å². The summed E-state index contributed by atoms with van der Waals surface area (Å²) in [7, 11) is 1.87. The van der Waals surface area contributed by atoms with E-state index in [1.807, 2.05) is 35.0 Å². The summed E-state index contributed by atoms with van der Waals surface area (Å²) in [6, 6.07) is 10.6. The van der Waals surface area contributed by atoms with Gasteiger partial charge in [0.1, 0.15) is 0 Å². The average Bonchev–Trinajstić information content (AvgIpc) is 3.00. The van der Waals surface area contributed by atoms with Crippen LogP contribution >= 0.6 is 0 Å². The SMILES string of the molecule is CN(C(=O)N[C@@H]1CCN(C(=O)CCc2ccccc2)C1)C1CCC1. The Morgan fingerprint density at radius 1 is 1.21 bits per heavy atom. The van der Waals surface area contributed by atoms with Gasteiger partial charge in [-0.25, -0.2) is 4.79 Å². The topological polar surface area (TPSA) is 52.7 Å². The molecule has 1 saturated carbocycles. The van der Waals surface area contributed by atoms with Crippen molar-refractivity contribution in [1.29, 1.82) is 0 Å². The number of rotatable bonds is 5. The molecule has 2 aliphatic rings. The zero-order chi connectivity index (χ0) is 16.9. The summed E-state index contributed by atoms with van der Waals surface area (Å²) in [5.41, 5.74) is 1.19. The molecule has 0 aromatic heterocycles. The molecule has 130 valence electrons. The molecule has 5 nitrogen and oxygen atoms in total. The summed E-state index contributed by atoms with van der Waals surface area (Å²) in [6.07, 6.45) is 5.60. The zero-order valence-electron chi connectivity index (χ0n) is 14.4. The zero-order valence-corrected chi connectivity index (χ0v) is 14.4. The van der Waals surface area contributed by atoms with Gasteiger partial charge >= 0.3 is 6.03 Å². The molecule has 3 amide bonds. The third-order valence-corrected chi connectivity index (χ3v) is 5.28. The number of urea groups is 1. The molecule has 3 rings (SSSR count). The average molecular weight is 329 g/mol. The lowest BCUT2D eigenvalue weighted by atomic mass is 9.92. The molecule has 1 aliphatic heterocycles. The van der Waals surface area contributed by atoms with Crippen molar-refractivity contribution in [2.45, 2.75) is 50.6 Å². The van der Waals surface area contributed by atoms with E-state index in [-0.39, 0.29) is 18.0 Å². The van der Waals surface area contributed by atoms with Crippen LogP contribution in [-0.4, -0.2) is 54.0 Å². The van der Waals surface area contributed by atoms with Crippen LogP contribution in [0.3, 0.4) is 0 Å². The standard InChI is InChI=1S/C19H27N3O2/c1-21(17-8-5-9-17)19(24)20-16-12-13-22(14-16)18(23)11-10-15-6-3-2-4-7-15/h2-4,6-7,16-17H,5,8-14H2,1H3,(H,20,24)/t16-/m1/s1. The number of hydrogen-bond acceptors (Lipinski definition) is 2. The fraction of sp³-hybridized carbons (Fsp3) is 0.579. The first-order chi connectivity index (χ1) is 11.6. The van der Waals surface area contributed by atoms with Gasteiger partial charge in [-0.1, -0.05) is 30.3 Å². The number of amides is 3. The molecule has 5 heteroatoms. The summed E-state index contributed by atoms with van der Waals surface area (Å²) in [5, 5.41) is 3.08. The molecule has 1 aliphatic carbocycles. The van der Waals surface area contributed by atoms with Crippen LogP contribution in [0.25, 0.3) is 0 Å². The predicted molar refractivity (Wildman–Crippen MR) is 93.7 cm³/mol. The minimum absolute atomic E-state index is 0.00304. The Kier molecular flexibility index (Phi) is 5.38. The van der Waals surface area contributed by atoms with E-state index in [2.05, 4.69) is 17.4 Å². The van der Waals surface area contributed by atoms with Crippen molar-refractivity contribution in [3.63, 3.8) is 0 Å². The lowest BCUT2D eigenvalue weighted by Gasteiger charge is -2.35. The van der Waals surface area contributed by atoms with Crippen molar-refractivity contribution in [3.05, 3.63) is 35.9 Å². The van der Waals surface area contributed by atoms with Crippen LogP contribution < -0.4 is 5.32 Å². The Morgan fingerprint density at radius 2 is 1.96 bits per heavy atom. The van der Waals surface area contributed by atoms with Gasteiger partial charge in [0.05, 0.1) is 0 Å². The molecule has 0 unspecified atom stereocenters. The summed E-state index contributed by atoms with van der Waals surface area (Å²) in [5.74, 6) is 0.183. The summed E-state index contributed by atoms with van der Waals surface area (Å²) >= 11 is 0. The van der Waals surface area contributed by atoms with Gasteiger partial charge in [0.25, 0.3) is 0 Å². The van der Waals surface area contributed by atoms with Gasteiger partial charge in [0.2, 0.25) is 5.91 Å². The van der Waals surface area contributed by atoms with Crippen molar-refractivity contribution in [3.8, 4) is 0 Å². The molecule has 1 heterocycles. The number of nitrogens with zero attached hydrogens (tertiary/aromatic N) is 2. The maximum atomic E-state index is 12.4. The second kappa shape index (κ2) is 7.69. The highest BCUT2D eigenvalue weighted by Gasteiger charge is 2.30. The summed E-state index contributed by atoms with van der Waals surface area (Å²) < 4.78 is 0. The van der Waals surface area contributed by atoms with Crippen molar-refractivity contribution in [1.82, 2.24) is 15.1 Å². The van der Waals surface area contributed by atoms with Crippen LogP contribution in [-0.2, 0) is 11.2 Å². The van der Waals surface area contributed by atoms with Gasteiger partial charge in [-0.15, -0.1) is 0 Å². The van der Waals surface area contributed by atoms with Crippen molar-refractivity contribution in [2.24, 2.45) is 0 Å². The molecule has 1 N–H and O–H groups in total. The highest BCUT2D eigenvalue weighted by atomic mass is 16.2. The highest BCUT2D eigenvalue weighted by Crippen LogP contribution is 2.23. The van der Waals surface area contributed by atoms with Gasteiger partial charge in [0, 0.05) is 38.6 Å². The normalized spacial score (nSPS) is 20.5. The minimum Gasteiger partial charge on any atom is -0.341 e. The number of carbonyl (C=O) groups is 2. The molecule has 1 aromatic rings. The summed E-state index contributed by atoms with van der Waals surface area (Å²) in [4.78, 5) is 28.3. The maximum Gasteiger partial charge on any atom is 0.317 e. The Labute approximate surface area is 144 Å².